The maximum atomic E-state index is 12.3. The molecule has 1 saturated heterocycles. The van der Waals surface area contributed by atoms with Crippen molar-refractivity contribution in [2.75, 3.05) is 13.1 Å². The van der Waals surface area contributed by atoms with Crippen LogP contribution >= 0.6 is 0 Å². The molecule has 1 fully saturated rings. The molecule has 0 aliphatic carbocycles. The molecule has 1 aromatic carbocycles. The Labute approximate surface area is 90.7 Å². The summed E-state index contributed by atoms with van der Waals surface area (Å²) >= 11 is 0. The van der Waals surface area contributed by atoms with Gasteiger partial charge >= 0.3 is 0 Å². The van der Waals surface area contributed by atoms with Gasteiger partial charge < -0.3 is 5.32 Å². The van der Waals surface area contributed by atoms with Crippen LogP contribution in [-0.2, 0) is 6.42 Å². The van der Waals surface area contributed by atoms with Gasteiger partial charge in [0, 0.05) is 18.7 Å². The van der Waals surface area contributed by atoms with E-state index in [4.69, 9.17) is 0 Å². The van der Waals surface area contributed by atoms with Crippen LogP contribution in [0.3, 0.4) is 0 Å². The van der Waals surface area contributed by atoms with Crippen molar-refractivity contribution in [2.45, 2.75) is 20.3 Å². The van der Waals surface area contributed by atoms with Crippen LogP contribution in [-0.4, -0.2) is 18.9 Å². The molecule has 1 aliphatic rings. The number of hydrogen-bond donors (Lipinski definition) is 1. The van der Waals surface area contributed by atoms with Crippen molar-refractivity contribution in [2.24, 2.45) is 5.41 Å². The number of carbonyl (C=O) groups is 1. The minimum absolute atomic E-state index is 0.175. The molecule has 1 heterocycles. The minimum Gasteiger partial charge on any atom is -0.315 e. The van der Waals surface area contributed by atoms with Crippen LogP contribution in [0.1, 0.15) is 29.8 Å². The molecule has 0 saturated carbocycles. The third-order valence-electron chi connectivity index (χ3n) is 3.22. The maximum Gasteiger partial charge on any atom is 0.171 e. The fourth-order valence-corrected chi connectivity index (χ4v) is 2.04. The van der Waals surface area contributed by atoms with Gasteiger partial charge in [0.15, 0.2) is 5.78 Å². The summed E-state index contributed by atoms with van der Waals surface area (Å²) in [7, 11) is 0. The topological polar surface area (TPSA) is 29.1 Å². The van der Waals surface area contributed by atoms with Crippen LogP contribution in [0.5, 0.6) is 0 Å². The van der Waals surface area contributed by atoms with Gasteiger partial charge in [-0.3, -0.25) is 4.79 Å². The molecule has 0 radical (unpaired) electrons. The van der Waals surface area contributed by atoms with Gasteiger partial charge in [0.2, 0.25) is 0 Å². The van der Waals surface area contributed by atoms with Crippen molar-refractivity contribution in [1.82, 2.24) is 5.32 Å². The van der Waals surface area contributed by atoms with Crippen molar-refractivity contribution < 1.29 is 4.79 Å². The maximum absolute atomic E-state index is 12.3. The standard InChI is InChI=1S/C13H17NO/c1-3-10-6-4-5-7-11(10)12(15)13(2)8-14-9-13/h4-7,14H,3,8-9H2,1-2H3. The predicted octanol–water partition coefficient (Wildman–Crippen LogP) is 2.04. The Morgan fingerprint density at radius 3 is 2.60 bits per heavy atom. The summed E-state index contributed by atoms with van der Waals surface area (Å²) in [5, 5.41) is 3.17. The highest BCUT2D eigenvalue weighted by atomic mass is 16.1. The van der Waals surface area contributed by atoms with Gasteiger partial charge in [0.1, 0.15) is 0 Å². The first-order valence-electron chi connectivity index (χ1n) is 5.51. The van der Waals surface area contributed by atoms with Gasteiger partial charge in [-0.15, -0.1) is 0 Å². The van der Waals surface area contributed by atoms with Gasteiger partial charge in [-0.05, 0) is 18.9 Å². The Balaban J connectivity index is 2.32. The first-order chi connectivity index (χ1) is 7.17. The van der Waals surface area contributed by atoms with E-state index in [9.17, 15) is 4.79 Å². The Morgan fingerprint density at radius 2 is 2.07 bits per heavy atom. The van der Waals surface area contributed by atoms with Crippen LogP contribution < -0.4 is 5.32 Å². The Morgan fingerprint density at radius 1 is 1.40 bits per heavy atom. The van der Waals surface area contributed by atoms with Gasteiger partial charge in [-0.1, -0.05) is 31.2 Å². The van der Waals surface area contributed by atoms with Gasteiger partial charge in [0.25, 0.3) is 0 Å². The first kappa shape index (κ1) is 10.4. The lowest BCUT2D eigenvalue weighted by Gasteiger charge is -2.38. The van der Waals surface area contributed by atoms with E-state index in [2.05, 4.69) is 12.2 Å². The number of aryl methyl sites for hydroxylation is 1. The Kier molecular flexibility index (Phi) is 2.61. The molecule has 2 nitrogen and oxygen atoms in total. The lowest BCUT2D eigenvalue weighted by molar-refractivity contribution is 0.0720. The van der Waals surface area contributed by atoms with Gasteiger partial charge in [0.05, 0.1) is 5.41 Å². The lowest BCUT2D eigenvalue weighted by atomic mass is 9.76. The summed E-state index contributed by atoms with van der Waals surface area (Å²) < 4.78 is 0. The third-order valence-corrected chi connectivity index (χ3v) is 3.22. The molecule has 1 N–H and O–H groups in total. The number of Topliss-reactive ketones (excluding diaryl/α,β-unsaturated/α-hetero) is 1. The third kappa shape index (κ3) is 1.70. The molecule has 0 atom stereocenters. The van der Waals surface area contributed by atoms with E-state index in [1.807, 2.05) is 31.2 Å². The molecule has 2 rings (SSSR count). The van der Waals surface area contributed by atoms with E-state index < -0.39 is 0 Å². The number of nitrogens with one attached hydrogen (secondary N) is 1. The van der Waals surface area contributed by atoms with E-state index >= 15 is 0 Å². The molecule has 80 valence electrons. The van der Waals surface area contributed by atoms with Crippen LogP contribution in [0.4, 0.5) is 0 Å². The number of ketones is 1. The minimum atomic E-state index is -0.175. The average molecular weight is 203 g/mol. The van der Waals surface area contributed by atoms with Crippen molar-refractivity contribution in [3.63, 3.8) is 0 Å². The quantitative estimate of drug-likeness (QED) is 0.762. The van der Waals surface area contributed by atoms with Gasteiger partial charge in [-0.25, -0.2) is 0 Å². The van der Waals surface area contributed by atoms with Crippen LogP contribution in [0, 0.1) is 5.41 Å². The molecular formula is C13H17NO. The highest BCUT2D eigenvalue weighted by Crippen LogP contribution is 2.28. The molecule has 0 unspecified atom stereocenters. The summed E-state index contributed by atoms with van der Waals surface area (Å²) in [5.41, 5.74) is 1.89. The lowest BCUT2D eigenvalue weighted by Crippen LogP contribution is -2.56. The molecule has 1 aromatic rings. The monoisotopic (exact) mass is 203 g/mol. The molecule has 0 aromatic heterocycles. The fraction of sp³-hybridized carbons (Fsp3) is 0.462. The molecule has 2 heteroatoms. The predicted molar refractivity (Wildman–Crippen MR) is 61.1 cm³/mol. The zero-order chi connectivity index (χ0) is 10.9. The van der Waals surface area contributed by atoms with Crippen molar-refractivity contribution in [3.05, 3.63) is 35.4 Å². The van der Waals surface area contributed by atoms with E-state index in [1.165, 1.54) is 0 Å². The second-order valence-electron chi connectivity index (χ2n) is 4.50. The molecule has 0 bridgehead atoms. The summed E-state index contributed by atoms with van der Waals surface area (Å²) in [6.07, 6.45) is 0.922. The van der Waals surface area contributed by atoms with Crippen LogP contribution in [0.25, 0.3) is 0 Å². The Bertz CT molecular complexity index is 380. The molecular weight excluding hydrogens is 186 g/mol. The van der Waals surface area contributed by atoms with Crippen LogP contribution in [0.2, 0.25) is 0 Å². The van der Waals surface area contributed by atoms with Gasteiger partial charge in [-0.2, -0.15) is 0 Å². The number of benzene rings is 1. The number of hydrogen-bond acceptors (Lipinski definition) is 2. The van der Waals surface area contributed by atoms with Crippen molar-refractivity contribution in [1.29, 1.82) is 0 Å². The van der Waals surface area contributed by atoms with Crippen molar-refractivity contribution in [3.8, 4) is 0 Å². The second-order valence-corrected chi connectivity index (χ2v) is 4.50. The van der Waals surface area contributed by atoms with Crippen LogP contribution in [0.15, 0.2) is 24.3 Å². The summed E-state index contributed by atoms with van der Waals surface area (Å²) in [6.45, 7) is 5.75. The average Bonchev–Trinajstić information content (AvgIpc) is 2.25. The van der Waals surface area contributed by atoms with Crippen molar-refractivity contribution >= 4 is 5.78 Å². The molecule has 15 heavy (non-hydrogen) atoms. The van der Waals surface area contributed by atoms with E-state index in [0.717, 1.165) is 30.6 Å². The highest BCUT2D eigenvalue weighted by molar-refractivity contribution is 6.02. The number of rotatable bonds is 3. The fourth-order valence-electron chi connectivity index (χ4n) is 2.04. The molecule has 0 spiro atoms. The second kappa shape index (κ2) is 3.78. The normalized spacial score (nSPS) is 18.3. The summed E-state index contributed by atoms with van der Waals surface area (Å²) in [6, 6.07) is 7.94. The smallest absolute Gasteiger partial charge is 0.171 e. The molecule has 1 aliphatic heterocycles. The highest BCUT2D eigenvalue weighted by Gasteiger charge is 2.40. The van der Waals surface area contributed by atoms with E-state index in [-0.39, 0.29) is 5.41 Å². The summed E-state index contributed by atoms with van der Waals surface area (Å²) in [4.78, 5) is 12.3. The summed E-state index contributed by atoms with van der Waals surface area (Å²) in [5.74, 6) is 0.290. The zero-order valence-electron chi connectivity index (χ0n) is 9.34. The number of carbonyl (C=O) groups excluding carboxylic acids is 1. The van der Waals surface area contributed by atoms with E-state index in [1.54, 1.807) is 0 Å². The largest absolute Gasteiger partial charge is 0.315 e. The Hall–Kier alpha value is -1.15. The molecule has 0 amide bonds. The zero-order valence-corrected chi connectivity index (χ0v) is 9.34. The van der Waals surface area contributed by atoms with E-state index in [0.29, 0.717) is 5.78 Å². The SMILES string of the molecule is CCc1ccccc1C(=O)C1(C)CNC1. The first-order valence-corrected chi connectivity index (χ1v) is 5.51.